The molecule has 0 aromatic heterocycles. The molecule has 0 spiro atoms. The van der Waals surface area contributed by atoms with Crippen LogP contribution in [0, 0.1) is 6.92 Å². The number of aliphatic hydroxyl groups is 1. The highest BCUT2D eigenvalue weighted by atomic mass is 16.5. The molecule has 1 aliphatic rings. The maximum Gasteiger partial charge on any atom is 0.126 e. The van der Waals surface area contributed by atoms with Crippen molar-refractivity contribution in [2.45, 2.75) is 64.6 Å². The van der Waals surface area contributed by atoms with Gasteiger partial charge in [-0.3, -0.25) is 0 Å². The summed E-state index contributed by atoms with van der Waals surface area (Å²) in [5.41, 5.74) is 1.60. The van der Waals surface area contributed by atoms with Gasteiger partial charge in [-0.15, -0.1) is 0 Å². The number of aryl methyl sites for hydroxylation is 1. The van der Waals surface area contributed by atoms with Gasteiger partial charge in [-0.1, -0.05) is 32.0 Å². The van der Waals surface area contributed by atoms with Gasteiger partial charge < -0.3 is 15.2 Å². The van der Waals surface area contributed by atoms with Crippen LogP contribution in [0.4, 0.5) is 0 Å². The summed E-state index contributed by atoms with van der Waals surface area (Å²) < 4.78 is 5.98. The molecule has 0 amide bonds. The van der Waals surface area contributed by atoms with Gasteiger partial charge in [-0.25, -0.2) is 0 Å². The molecule has 1 aromatic carbocycles. The summed E-state index contributed by atoms with van der Waals surface area (Å²) in [6.45, 7) is 7.27. The molecule has 0 bridgehead atoms. The molecule has 1 aliphatic carbocycles. The third kappa shape index (κ3) is 3.97. The van der Waals surface area contributed by atoms with Crippen LogP contribution in [0.3, 0.4) is 0 Å². The van der Waals surface area contributed by atoms with Crippen LogP contribution in [0.1, 0.15) is 50.7 Å². The lowest BCUT2D eigenvalue weighted by molar-refractivity contribution is -0.0118. The summed E-state index contributed by atoms with van der Waals surface area (Å²) >= 11 is 0. The third-order valence-electron chi connectivity index (χ3n) is 4.25. The van der Waals surface area contributed by atoms with Crippen molar-refractivity contribution in [2.24, 2.45) is 0 Å². The predicted molar refractivity (Wildman–Crippen MR) is 82.1 cm³/mol. The number of hydrogen-bond acceptors (Lipinski definition) is 3. The highest BCUT2D eigenvalue weighted by Crippen LogP contribution is 2.27. The summed E-state index contributed by atoms with van der Waals surface area (Å²) in [4.78, 5) is 0. The van der Waals surface area contributed by atoms with Gasteiger partial charge in [-0.2, -0.15) is 0 Å². The van der Waals surface area contributed by atoms with E-state index in [0.717, 1.165) is 17.9 Å². The van der Waals surface area contributed by atoms with E-state index in [1.54, 1.807) is 0 Å². The fourth-order valence-electron chi connectivity index (χ4n) is 2.26. The minimum Gasteiger partial charge on any atom is -0.490 e. The zero-order valence-electron chi connectivity index (χ0n) is 12.9. The Morgan fingerprint density at radius 1 is 1.30 bits per heavy atom. The summed E-state index contributed by atoms with van der Waals surface area (Å²) in [5, 5.41) is 13.9. The lowest BCUT2D eigenvalue weighted by atomic mass is 9.99. The highest BCUT2D eigenvalue weighted by molar-refractivity contribution is 5.40. The Morgan fingerprint density at radius 2 is 2.00 bits per heavy atom. The second kappa shape index (κ2) is 6.59. The lowest BCUT2D eigenvalue weighted by Gasteiger charge is -2.26. The van der Waals surface area contributed by atoms with E-state index in [-0.39, 0.29) is 0 Å². The normalized spacial score (nSPS) is 15.4. The van der Waals surface area contributed by atoms with E-state index in [1.165, 1.54) is 18.4 Å². The molecule has 1 aromatic rings. The molecular formula is C17H27NO2. The van der Waals surface area contributed by atoms with Crippen LogP contribution in [-0.4, -0.2) is 23.4 Å². The van der Waals surface area contributed by atoms with Gasteiger partial charge in [0.25, 0.3) is 0 Å². The van der Waals surface area contributed by atoms with Crippen LogP contribution in [0.25, 0.3) is 0 Å². The highest BCUT2D eigenvalue weighted by Gasteiger charge is 2.24. The van der Waals surface area contributed by atoms with Crippen LogP contribution < -0.4 is 10.1 Å². The fraction of sp³-hybridized carbons (Fsp3) is 0.647. The molecule has 0 heterocycles. The van der Waals surface area contributed by atoms with Gasteiger partial charge >= 0.3 is 0 Å². The molecule has 0 atom stereocenters. The van der Waals surface area contributed by atoms with Crippen molar-refractivity contribution in [2.75, 3.05) is 6.61 Å². The van der Waals surface area contributed by atoms with E-state index in [0.29, 0.717) is 25.5 Å². The maximum atomic E-state index is 10.4. The quantitative estimate of drug-likeness (QED) is 0.767. The SMILES string of the molecule is CCC(O)(CC)COc1c(C)cccc1CNC1CC1. The Balaban J connectivity index is 2.04. The Labute approximate surface area is 122 Å². The first kappa shape index (κ1) is 15.3. The first-order valence-corrected chi connectivity index (χ1v) is 7.75. The summed E-state index contributed by atoms with van der Waals surface area (Å²) in [6.07, 6.45) is 4.00. The van der Waals surface area contributed by atoms with Crippen LogP contribution >= 0.6 is 0 Å². The topological polar surface area (TPSA) is 41.5 Å². The molecule has 3 heteroatoms. The molecule has 1 saturated carbocycles. The van der Waals surface area contributed by atoms with Gasteiger partial charge in [-0.05, 0) is 38.2 Å². The second-order valence-electron chi connectivity index (χ2n) is 5.94. The molecule has 0 aliphatic heterocycles. The second-order valence-corrected chi connectivity index (χ2v) is 5.94. The van der Waals surface area contributed by atoms with Crippen molar-refractivity contribution in [3.8, 4) is 5.75 Å². The molecule has 0 saturated heterocycles. The number of rotatable bonds is 8. The van der Waals surface area contributed by atoms with Crippen molar-refractivity contribution in [1.82, 2.24) is 5.32 Å². The van der Waals surface area contributed by atoms with Crippen LogP contribution in [0.2, 0.25) is 0 Å². The van der Waals surface area contributed by atoms with E-state index in [4.69, 9.17) is 4.74 Å². The minimum absolute atomic E-state index is 0.362. The van der Waals surface area contributed by atoms with Crippen LogP contribution in [0.5, 0.6) is 5.75 Å². The average molecular weight is 277 g/mol. The first-order valence-electron chi connectivity index (χ1n) is 7.75. The Hall–Kier alpha value is -1.06. The van der Waals surface area contributed by atoms with Gasteiger partial charge in [0.15, 0.2) is 0 Å². The predicted octanol–water partition coefficient (Wildman–Crippen LogP) is 3.18. The molecule has 0 unspecified atom stereocenters. The number of nitrogens with one attached hydrogen (secondary N) is 1. The third-order valence-corrected chi connectivity index (χ3v) is 4.25. The Morgan fingerprint density at radius 3 is 2.60 bits per heavy atom. The van der Waals surface area contributed by atoms with Crippen LogP contribution in [-0.2, 0) is 6.54 Å². The molecule has 2 rings (SSSR count). The number of benzene rings is 1. The number of ether oxygens (including phenoxy) is 1. The van der Waals surface area contributed by atoms with Crippen molar-refractivity contribution >= 4 is 0 Å². The summed E-state index contributed by atoms with van der Waals surface area (Å²) in [5.74, 6) is 0.931. The molecule has 112 valence electrons. The van der Waals surface area contributed by atoms with Gasteiger partial charge in [0.1, 0.15) is 12.4 Å². The molecule has 2 N–H and O–H groups in total. The van der Waals surface area contributed by atoms with Crippen molar-refractivity contribution in [3.05, 3.63) is 29.3 Å². The monoisotopic (exact) mass is 277 g/mol. The molecule has 1 fully saturated rings. The van der Waals surface area contributed by atoms with Gasteiger partial charge in [0, 0.05) is 18.2 Å². The summed E-state index contributed by atoms with van der Waals surface area (Å²) in [7, 11) is 0. The molecular weight excluding hydrogens is 250 g/mol. The fourth-order valence-corrected chi connectivity index (χ4v) is 2.26. The maximum absolute atomic E-state index is 10.4. The van der Waals surface area contributed by atoms with Gasteiger partial charge in [0.2, 0.25) is 0 Å². The molecule has 0 radical (unpaired) electrons. The van der Waals surface area contributed by atoms with Crippen molar-refractivity contribution in [1.29, 1.82) is 0 Å². The average Bonchev–Trinajstić information content (AvgIpc) is 3.28. The lowest BCUT2D eigenvalue weighted by Crippen LogP contribution is -2.34. The standard InChI is InChI=1S/C17H27NO2/c1-4-17(19,5-2)12-20-16-13(3)7-6-8-14(16)11-18-15-9-10-15/h6-8,15,18-19H,4-5,9-12H2,1-3H3. The smallest absolute Gasteiger partial charge is 0.126 e. The van der Waals surface area contributed by atoms with Gasteiger partial charge in [0.05, 0.1) is 5.60 Å². The Bertz CT molecular complexity index is 437. The van der Waals surface area contributed by atoms with E-state index in [2.05, 4.69) is 30.4 Å². The summed E-state index contributed by atoms with van der Waals surface area (Å²) in [6, 6.07) is 6.92. The number of para-hydroxylation sites is 1. The van der Waals surface area contributed by atoms with Crippen molar-refractivity contribution < 1.29 is 9.84 Å². The van der Waals surface area contributed by atoms with Crippen LogP contribution in [0.15, 0.2) is 18.2 Å². The molecule has 3 nitrogen and oxygen atoms in total. The van der Waals surface area contributed by atoms with E-state index < -0.39 is 5.60 Å². The van der Waals surface area contributed by atoms with E-state index in [9.17, 15) is 5.11 Å². The Kier molecular flexibility index (Phi) is 5.06. The zero-order chi connectivity index (χ0) is 14.6. The molecule has 20 heavy (non-hydrogen) atoms. The van der Waals surface area contributed by atoms with E-state index >= 15 is 0 Å². The zero-order valence-corrected chi connectivity index (χ0v) is 12.9. The number of hydrogen-bond donors (Lipinski definition) is 2. The van der Waals surface area contributed by atoms with Crippen molar-refractivity contribution in [3.63, 3.8) is 0 Å². The largest absolute Gasteiger partial charge is 0.490 e. The minimum atomic E-state index is -0.719. The van der Waals surface area contributed by atoms with E-state index in [1.807, 2.05) is 13.8 Å². The first-order chi connectivity index (χ1) is 9.58.